The van der Waals surface area contributed by atoms with Gasteiger partial charge < -0.3 is 23.5 Å². The molecule has 0 radical (unpaired) electrons. The number of pyridine rings is 1. The first kappa shape index (κ1) is 30.5. The third kappa shape index (κ3) is 6.34. The fourth-order valence-electron chi connectivity index (χ4n) is 6.11. The number of carbonyl (C=O) groups excluding carboxylic acids is 1. The molecule has 0 amide bonds. The Labute approximate surface area is 261 Å². The number of likely N-dealkylation sites (tertiary alicyclic amines) is 1. The van der Waals surface area contributed by atoms with Crippen molar-refractivity contribution in [1.29, 1.82) is 5.26 Å². The van der Waals surface area contributed by atoms with Crippen LogP contribution in [0.2, 0.25) is 0 Å². The Bertz CT molecular complexity index is 1740. The van der Waals surface area contributed by atoms with Crippen LogP contribution in [0.3, 0.4) is 0 Å². The summed E-state index contributed by atoms with van der Waals surface area (Å²) in [6.45, 7) is 5.29. The van der Waals surface area contributed by atoms with Crippen LogP contribution >= 0.6 is 0 Å². The summed E-state index contributed by atoms with van der Waals surface area (Å²) in [6.07, 6.45) is 2.89. The Morgan fingerprint density at radius 1 is 1.13 bits per heavy atom. The van der Waals surface area contributed by atoms with Crippen molar-refractivity contribution in [2.24, 2.45) is 0 Å². The molecule has 11 heteroatoms. The van der Waals surface area contributed by atoms with Crippen LogP contribution in [0, 0.1) is 17.1 Å². The Morgan fingerprint density at radius 2 is 1.93 bits per heavy atom. The van der Waals surface area contributed by atoms with E-state index in [1.54, 1.807) is 31.4 Å². The van der Waals surface area contributed by atoms with E-state index >= 15 is 0 Å². The zero-order valence-corrected chi connectivity index (χ0v) is 25.7. The van der Waals surface area contributed by atoms with E-state index in [2.05, 4.69) is 16.4 Å². The van der Waals surface area contributed by atoms with Crippen molar-refractivity contribution in [3.8, 4) is 17.7 Å². The van der Waals surface area contributed by atoms with Gasteiger partial charge in [0.2, 0.25) is 5.88 Å². The summed E-state index contributed by atoms with van der Waals surface area (Å²) >= 11 is 0. The molecular formula is C34H36FN5O5. The Kier molecular flexibility index (Phi) is 8.96. The van der Waals surface area contributed by atoms with E-state index in [0.717, 1.165) is 56.0 Å². The minimum atomic E-state index is -0.470. The first-order chi connectivity index (χ1) is 21.9. The summed E-state index contributed by atoms with van der Waals surface area (Å²) in [4.78, 5) is 24.7. The number of benzene rings is 2. The van der Waals surface area contributed by atoms with E-state index in [1.807, 2.05) is 24.3 Å². The molecule has 2 fully saturated rings. The summed E-state index contributed by atoms with van der Waals surface area (Å²) in [7, 11) is 2.95. The zero-order valence-electron chi connectivity index (χ0n) is 25.7. The number of hydrogen-bond acceptors (Lipinski definition) is 9. The van der Waals surface area contributed by atoms with Crippen LogP contribution < -0.4 is 9.47 Å². The molecule has 0 saturated carbocycles. The number of nitrogens with zero attached hydrogens (tertiary/aromatic N) is 5. The van der Waals surface area contributed by atoms with Crippen molar-refractivity contribution in [1.82, 2.24) is 19.4 Å². The number of nitriles is 1. The molecule has 4 aromatic rings. The fraction of sp³-hybridized carbons (Fsp3) is 0.412. The molecule has 10 nitrogen and oxygen atoms in total. The molecule has 2 aromatic heterocycles. The first-order valence-electron chi connectivity index (χ1n) is 15.2. The molecule has 6 rings (SSSR count). The lowest BCUT2D eigenvalue weighted by atomic mass is 9.92. The monoisotopic (exact) mass is 613 g/mol. The Morgan fingerprint density at radius 3 is 2.60 bits per heavy atom. The standard InChI is InChI=1S/C34H36FN5O5/c1-21(33-38-32-29(40(33)19-26-11-14-44-26)16-25(34(41)43-3)17-30(32)42-2)39-12-9-23(10-13-39)28-5-4-6-31(37-28)45-20-24-8-7-22(18-36)15-27(24)35/h4-8,15-17,21,23,26H,9-14,19-20H2,1-3H3/t21-,26-/m0/s1. The van der Waals surface area contributed by atoms with Gasteiger partial charge in [0.25, 0.3) is 0 Å². The van der Waals surface area contributed by atoms with E-state index < -0.39 is 11.8 Å². The van der Waals surface area contributed by atoms with Crippen molar-refractivity contribution in [3.63, 3.8) is 0 Å². The molecule has 2 aliphatic rings. The highest BCUT2D eigenvalue weighted by Crippen LogP contribution is 2.36. The highest BCUT2D eigenvalue weighted by molar-refractivity contribution is 5.96. The number of aromatic nitrogens is 3. The minimum absolute atomic E-state index is 0.00894. The molecule has 2 aliphatic heterocycles. The number of imidazole rings is 1. The van der Waals surface area contributed by atoms with Crippen molar-refractivity contribution in [3.05, 3.63) is 82.6 Å². The summed E-state index contributed by atoms with van der Waals surface area (Å²) in [5.74, 6) is 1.24. The van der Waals surface area contributed by atoms with Crippen LogP contribution in [-0.4, -0.2) is 65.4 Å². The van der Waals surface area contributed by atoms with Gasteiger partial charge in [-0.1, -0.05) is 12.1 Å². The van der Waals surface area contributed by atoms with Gasteiger partial charge in [0, 0.05) is 29.8 Å². The van der Waals surface area contributed by atoms with Crippen LogP contribution in [0.25, 0.3) is 11.0 Å². The normalized spacial score (nSPS) is 17.8. The molecule has 234 valence electrons. The molecule has 0 bridgehead atoms. The number of methoxy groups -OCH3 is 2. The van der Waals surface area contributed by atoms with Crippen molar-refractivity contribution < 1.29 is 28.1 Å². The third-order valence-electron chi connectivity index (χ3n) is 8.84. The fourth-order valence-corrected chi connectivity index (χ4v) is 6.11. The number of carbonyl (C=O) groups is 1. The van der Waals surface area contributed by atoms with E-state index in [1.165, 1.54) is 13.2 Å². The van der Waals surface area contributed by atoms with Gasteiger partial charge in [0.05, 0.1) is 55.6 Å². The van der Waals surface area contributed by atoms with Gasteiger partial charge in [-0.05, 0) is 69.6 Å². The molecule has 45 heavy (non-hydrogen) atoms. The highest BCUT2D eigenvalue weighted by Gasteiger charge is 2.31. The van der Waals surface area contributed by atoms with E-state index in [0.29, 0.717) is 34.8 Å². The van der Waals surface area contributed by atoms with Gasteiger partial charge >= 0.3 is 5.97 Å². The SMILES string of the molecule is COC(=O)c1cc(OC)c2nc([C@H](C)N3CCC(c4cccc(OCc5ccc(C#N)cc5F)n4)CC3)n(C[C@@H]3CCO3)c2c1. The van der Waals surface area contributed by atoms with Crippen LogP contribution in [0.15, 0.2) is 48.5 Å². The van der Waals surface area contributed by atoms with Gasteiger partial charge in [0.1, 0.15) is 29.5 Å². The molecule has 2 saturated heterocycles. The number of piperidine rings is 1. The second-order valence-electron chi connectivity index (χ2n) is 11.5. The van der Waals surface area contributed by atoms with Gasteiger partial charge in [-0.2, -0.15) is 5.26 Å². The number of hydrogen-bond donors (Lipinski definition) is 0. The maximum absolute atomic E-state index is 14.3. The first-order valence-corrected chi connectivity index (χ1v) is 15.2. The highest BCUT2D eigenvalue weighted by atomic mass is 19.1. The molecule has 0 spiro atoms. The second kappa shape index (κ2) is 13.2. The minimum Gasteiger partial charge on any atom is -0.494 e. The van der Waals surface area contributed by atoms with E-state index in [-0.39, 0.29) is 30.2 Å². The molecule has 2 atom stereocenters. The zero-order chi connectivity index (χ0) is 31.5. The van der Waals surface area contributed by atoms with Crippen molar-refractivity contribution in [2.75, 3.05) is 33.9 Å². The smallest absolute Gasteiger partial charge is 0.338 e. The second-order valence-corrected chi connectivity index (χ2v) is 11.5. The summed E-state index contributed by atoms with van der Waals surface area (Å²) in [5.41, 5.74) is 3.55. The lowest BCUT2D eigenvalue weighted by molar-refractivity contribution is -0.0594. The predicted octanol–water partition coefficient (Wildman–Crippen LogP) is 5.55. The van der Waals surface area contributed by atoms with Crippen LogP contribution in [0.5, 0.6) is 11.6 Å². The Hall–Kier alpha value is -4.53. The van der Waals surface area contributed by atoms with Gasteiger partial charge in [-0.15, -0.1) is 0 Å². The van der Waals surface area contributed by atoms with Gasteiger partial charge in [0.15, 0.2) is 0 Å². The molecule has 0 unspecified atom stereocenters. The van der Waals surface area contributed by atoms with Crippen molar-refractivity contribution in [2.45, 2.75) is 57.4 Å². The number of rotatable bonds is 10. The maximum atomic E-state index is 14.3. The van der Waals surface area contributed by atoms with E-state index in [9.17, 15) is 9.18 Å². The molecule has 4 heterocycles. The largest absolute Gasteiger partial charge is 0.494 e. The summed E-state index contributed by atoms with van der Waals surface area (Å²) in [5, 5.41) is 8.97. The van der Waals surface area contributed by atoms with Crippen LogP contribution in [0.4, 0.5) is 4.39 Å². The average molecular weight is 614 g/mol. The average Bonchev–Trinajstić information content (AvgIpc) is 3.42. The lowest BCUT2D eigenvalue weighted by Gasteiger charge is -2.36. The van der Waals surface area contributed by atoms with Crippen molar-refractivity contribution >= 4 is 17.0 Å². The number of fused-ring (bicyclic) bond motifs is 1. The maximum Gasteiger partial charge on any atom is 0.338 e. The molecule has 2 aromatic carbocycles. The van der Waals surface area contributed by atoms with Crippen LogP contribution in [-0.2, 0) is 22.6 Å². The van der Waals surface area contributed by atoms with Gasteiger partial charge in [-0.3, -0.25) is 4.90 Å². The van der Waals surface area contributed by atoms with Gasteiger partial charge in [-0.25, -0.2) is 19.2 Å². The predicted molar refractivity (Wildman–Crippen MR) is 164 cm³/mol. The number of ether oxygens (including phenoxy) is 4. The molecule has 0 N–H and O–H groups in total. The van der Waals surface area contributed by atoms with Crippen LogP contribution in [0.1, 0.15) is 71.1 Å². The number of halogens is 1. The number of esters is 1. The summed E-state index contributed by atoms with van der Waals surface area (Å²) < 4.78 is 38.7. The Balaban J connectivity index is 1.17. The molecular weight excluding hydrogens is 577 g/mol. The quantitative estimate of drug-likeness (QED) is 0.213. The topological polar surface area (TPSA) is 112 Å². The summed E-state index contributed by atoms with van der Waals surface area (Å²) in [6, 6.07) is 15.5. The third-order valence-corrected chi connectivity index (χ3v) is 8.84. The lowest BCUT2D eigenvalue weighted by Crippen LogP contribution is -2.37. The molecule has 0 aliphatic carbocycles. The van der Waals surface area contributed by atoms with E-state index in [4.69, 9.17) is 34.2 Å².